The van der Waals surface area contributed by atoms with Gasteiger partial charge in [0.1, 0.15) is 0 Å². The van der Waals surface area contributed by atoms with E-state index in [1.807, 2.05) is 74.0 Å². The fourth-order valence-electron chi connectivity index (χ4n) is 3.26. The number of hydrogen-bond donors (Lipinski definition) is 2. The lowest BCUT2D eigenvalue weighted by Crippen LogP contribution is -2.28. The minimum atomic E-state index is -0.212. The zero-order valence-electron chi connectivity index (χ0n) is 17.3. The van der Waals surface area contributed by atoms with Gasteiger partial charge in [-0.15, -0.1) is 0 Å². The van der Waals surface area contributed by atoms with E-state index in [1.165, 1.54) is 0 Å². The summed E-state index contributed by atoms with van der Waals surface area (Å²) in [7, 11) is 0. The Morgan fingerprint density at radius 1 is 1.07 bits per heavy atom. The van der Waals surface area contributed by atoms with Gasteiger partial charge in [-0.1, -0.05) is 52.3 Å². The van der Waals surface area contributed by atoms with Crippen molar-refractivity contribution in [3.8, 4) is 0 Å². The summed E-state index contributed by atoms with van der Waals surface area (Å²) in [5.74, 6) is -0.361. The first-order valence-electron chi connectivity index (χ1n) is 9.77. The van der Waals surface area contributed by atoms with Crippen molar-refractivity contribution in [2.45, 2.75) is 33.7 Å². The highest BCUT2D eigenvalue weighted by atomic mass is 79.9. The summed E-state index contributed by atoms with van der Waals surface area (Å²) in [5.41, 5.74) is 4.91. The number of benzene rings is 2. The van der Waals surface area contributed by atoms with Gasteiger partial charge < -0.3 is 10.6 Å². The van der Waals surface area contributed by atoms with E-state index in [-0.39, 0.29) is 24.8 Å². The summed E-state index contributed by atoms with van der Waals surface area (Å²) in [6.45, 7) is 6.50. The number of rotatable bonds is 7. The lowest BCUT2D eigenvalue weighted by atomic mass is 10.1. The summed E-state index contributed by atoms with van der Waals surface area (Å²) in [6, 6.07) is 15.7. The summed E-state index contributed by atoms with van der Waals surface area (Å²) in [6.07, 6.45) is 0.188. The van der Waals surface area contributed by atoms with E-state index in [0.29, 0.717) is 17.8 Å². The van der Waals surface area contributed by atoms with Gasteiger partial charge in [0.15, 0.2) is 0 Å². The highest BCUT2D eigenvalue weighted by molar-refractivity contribution is 9.10. The van der Waals surface area contributed by atoms with Crippen molar-refractivity contribution in [3.05, 3.63) is 81.1 Å². The molecular formula is C23H25BrN4O2. The molecule has 2 aromatic carbocycles. The molecule has 3 rings (SSSR count). The molecule has 3 aromatic rings. The maximum Gasteiger partial charge on any atom is 0.255 e. The van der Waals surface area contributed by atoms with Crippen LogP contribution in [0.4, 0.5) is 5.69 Å². The van der Waals surface area contributed by atoms with Crippen molar-refractivity contribution in [2.75, 3.05) is 11.9 Å². The van der Waals surface area contributed by atoms with Crippen molar-refractivity contribution in [3.63, 3.8) is 0 Å². The Balaban J connectivity index is 1.57. The molecule has 0 saturated heterocycles. The van der Waals surface area contributed by atoms with Crippen molar-refractivity contribution in [1.82, 2.24) is 15.1 Å². The molecule has 0 aliphatic carbocycles. The predicted molar refractivity (Wildman–Crippen MR) is 122 cm³/mol. The van der Waals surface area contributed by atoms with Crippen molar-refractivity contribution >= 4 is 33.4 Å². The highest BCUT2D eigenvalue weighted by Crippen LogP contribution is 2.20. The normalized spacial score (nSPS) is 10.7. The highest BCUT2D eigenvalue weighted by Gasteiger charge is 2.18. The van der Waals surface area contributed by atoms with E-state index < -0.39 is 0 Å². The second-order valence-corrected chi connectivity index (χ2v) is 8.12. The molecule has 0 aliphatic heterocycles. The SMILES string of the molecule is Cc1ccc(Br)cc1NC(=O)CCNC(=O)c1c(C)nn(Cc2ccccc2)c1C. The molecule has 0 radical (unpaired) electrons. The van der Waals surface area contributed by atoms with Crippen LogP contribution in [-0.4, -0.2) is 28.1 Å². The molecule has 0 unspecified atom stereocenters. The fraction of sp³-hybridized carbons (Fsp3) is 0.261. The Labute approximate surface area is 184 Å². The van der Waals surface area contributed by atoms with Crippen LogP contribution < -0.4 is 10.6 Å². The van der Waals surface area contributed by atoms with Gasteiger partial charge in [-0.05, 0) is 44.0 Å². The number of nitrogens with zero attached hydrogens (tertiary/aromatic N) is 2. The number of amides is 2. The first kappa shape index (κ1) is 21.8. The number of carbonyl (C=O) groups excluding carboxylic acids is 2. The van der Waals surface area contributed by atoms with E-state index >= 15 is 0 Å². The van der Waals surface area contributed by atoms with Crippen LogP contribution >= 0.6 is 15.9 Å². The molecule has 2 N–H and O–H groups in total. The Bertz CT molecular complexity index is 1060. The van der Waals surface area contributed by atoms with Crippen LogP contribution in [0.25, 0.3) is 0 Å². The Hall–Kier alpha value is -2.93. The lowest BCUT2D eigenvalue weighted by molar-refractivity contribution is -0.116. The standard InChI is InChI=1S/C23H25BrN4O2/c1-15-9-10-19(24)13-20(15)26-21(29)11-12-25-23(30)22-16(2)27-28(17(22)3)14-18-7-5-4-6-8-18/h4-10,13H,11-12,14H2,1-3H3,(H,25,30)(H,26,29). The number of aromatic nitrogens is 2. The average Bonchev–Trinajstić information content (AvgIpc) is 2.98. The van der Waals surface area contributed by atoms with Crippen LogP contribution in [0.5, 0.6) is 0 Å². The largest absolute Gasteiger partial charge is 0.351 e. The molecule has 0 saturated carbocycles. The molecule has 2 amide bonds. The van der Waals surface area contributed by atoms with Crippen LogP contribution in [0, 0.1) is 20.8 Å². The molecule has 7 heteroatoms. The lowest BCUT2D eigenvalue weighted by Gasteiger charge is -2.10. The zero-order valence-corrected chi connectivity index (χ0v) is 18.9. The van der Waals surface area contributed by atoms with Crippen LogP contribution in [0.15, 0.2) is 53.0 Å². The van der Waals surface area contributed by atoms with Crippen molar-refractivity contribution < 1.29 is 9.59 Å². The third-order valence-corrected chi connectivity index (χ3v) is 5.39. The van der Waals surface area contributed by atoms with E-state index in [4.69, 9.17) is 0 Å². The number of halogens is 1. The molecular weight excluding hydrogens is 444 g/mol. The first-order valence-corrected chi connectivity index (χ1v) is 10.6. The van der Waals surface area contributed by atoms with Gasteiger partial charge in [0.2, 0.25) is 5.91 Å². The van der Waals surface area contributed by atoms with Gasteiger partial charge in [0, 0.05) is 28.8 Å². The summed E-state index contributed by atoms with van der Waals surface area (Å²) >= 11 is 3.40. The third-order valence-electron chi connectivity index (χ3n) is 4.90. The molecule has 0 bridgehead atoms. The average molecular weight is 469 g/mol. The second-order valence-electron chi connectivity index (χ2n) is 7.20. The third kappa shape index (κ3) is 5.36. The fourth-order valence-corrected chi connectivity index (χ4v) is 3.62. The minimum Gasteiger partial charge on any atom is -0.351 e. The van der Waals surface area contributed by atoms with Gasteiger partial charge in [-0.3, -0.25) is 14.3 Å². The maximum absolute atomic E-state index is 12.7. The molecule has 1 heterocycles. The molecule has 156 valence electrons. The molecule has 0 atom stereocenters. The van der Waals surface area contributed by atoms with Gasteiger partial charge in [0.05, 0.1) is 17.8 Å². The molecule has 0 spiro atoms. The summed E-state index contributed by atoms with van der Waals surface area (Å²) in [4.78, 5) is 24.9. The van der Waals surface area contributed by atoms with Gasteiger partial charge in [0.25, 0.3) is 5.91 Å². The Kier molecular flexibility index (Phi) is 7.05. The molecule has 0 fully saturated rings. The monoisotopic (exact) mass is 468 g/mol. The number of anilines is 1. The number of nitrogens with one attached hydrogen (secondary N) is 2. The number of carbonyl (C=O) groups is 2. The summed E-state index contributed by atoms with van der Waals surface area (Å²) < 4.78 is 2.73. The van der Waals surface area contributed by atoms with Crippen LogP contribution in [0.3, 0.4) is 0 Å². The van der Waals surface area contributed by atoms with Crippen molar-refractivity contribution in [2.24, 2.45) is 0 Å². The van der Waals surface area contributed by atoms with Gasteiger partial charge >= 0.3 is 0 Å². The van der Waals surface area contributed by atoms with E-state index in [0.717, 1.165) is 27.0 Å². The van der Waals surface area contributed by atoms with Crippen LogP contribution in [-0.2, 0) is 11.3 Å². The zero-order chi connectivity index (χ0) is 21.7. The van der Waals surface area contributed by atoms with Gasteiger partial charge in [-0.25, -0.2) is 0 Å². The molecule has 0 aliphatic rings. The number of aryl methyl sites for hydroxylation is 2. The topological polar surface area (TPSA) is 76.0 Å². The minimum absolute atomic E-state index is 0.148. The second kappa shape index (κ2) is 9.71. The quantitative estimate of drug-likeness (QED) is 0.540. The van der Waals surface area contributed by atoms with Crippen molar-refractivity contribution in [1.29, 1.82) is 0 Å². The molecule has 6 nitrogen and oxygen atoms in total. The molecule has 30 heavy (non-hydrogen) atoms. The van der Waals surface area contributed by atoms with Crippen LogP contribution in [0.2, 0.25) is 0 Å². The van der Waals surface area contributed by atoms with E-state index in [1.54, 1.807) is 0 Å². The maximum atomic E-state index is 12.7. The smallest absolute Gasteiger partial charge is 0.255 e. The van der Waals surface area contributed by atoms with E-state index in [9.17, 15) is 9.59 Å². The van der Waals surface area contributed by atoms with Crippen LogP contribution in [0.1, 0.15) is 39.3 Å². The predicted octanol–water partition coefficient (Wildman–Crippen LogP) is 4.38. The summed E-state index contributed by atoms with van der Waals surface area (Å²) in [5, 5.41) is 10.2. The molecule has 1 aromatic heterocycles. The Morgan fingerprint density at radius 2 is 1.80 bits per heavy atom. The van der Waals surface area contributed by atoms with Gasteiger partial charge in [-0.2, -0.15) is 5.10 Å². The Morgan fingerprint density at radius 3 is 2.53 bits per heavy atom. The van der Waals surface area contributed by atoms with E-state index in [2.05, 4.69) is 31.7 Å². The number of hydrogen-bond acceptors (Lipinski definition) is 3. The first-order chi connectivity index (χ1) is 14.3.